The maximum absolute atomic E-state index is 13.0. The number of carbonyl (C=O) groups excluding carboxylic acids is 1. The van der Waals surface area contributed by atoms with Crippen molar-refractivity contribution < 1.29 is 4.79 Å². The number of hydrogen-bond acceptors (Lipinski definition) is 2. The van der Waals surface area contributed by atoms with Crippen molar-refractivity contribution >= 4 is 40.9 Å². The first-order valence-electron chi connectivity index (χ1n) is 8.56. The van der Waals surface area contributed by atoms with Gasteiger partial charge in [-0.15, -0.1) is 11.8 Å². The molecule has 0 spiro atoms. The zero-order valence-electron chi connectivity index (χ0n) is 14.2. The Morgan fingerprint density at radius 3 is 2.64 bits per heavy atom. The summed E-state index contributed by atoms with van der Waals surface area (Å²) in [5.74, 6) is 0.965. The Balaban J connectivity index is 1.78. The maximum atomic E-state index is 13.0. The van der Waals surface area contributed by atoms with E-state index in [2.05, 4.69) is 19.1 Å². The van der Waals surface area contributed by atoms with E-state index in [0.29, 0.717) is 10.0 Å². The summed E-state index contributed by atoms with van der Waals surface area (Å²) in [5, 5.41) is 1.16. The molecule has 0 N–H and O–H groups in total. The monoisotopic (exact) mass is 393 g/mol. The molecule has 0 bridgehead atoms. The van der Waals surface area contributed by atoms with Crippen molar-refractivity contribution in [1.29, 1.82) is 0 Å². The van der Waals surface area contributed by atoms with Crippen molar-refractivity contribution in [2.45, 2.75) is 31.6 Å². The number of unbranched alkanes of at least 4 members (excludes halogenated alkanes) is 1. The van der Waals surface area contributed by atoms with E-state index < -0.39 is 0 Å². The average Bonchev–Trinajstić information content (AvgIpc) is 3.09. The summed E-state index contributed by atoms with van der Waals surface area (Å²) in [4.78, 5) is 14.9. The lowest BCUT2D eigenvalue weighted by molar-refractivity contribution is 0.0760. The van der Waals surface area contributed by atoms with Gasteiger partial charge in [-0.05, 0) is 42.7 Å². The fourth-order valence-corrected chi connectivity index (χ4v) is 4.87. The number of benzene rings is 2. The summed E-state index contributed by atoms with van der Waals surface area (Å²) in [5.41, 5.74) is 2.96. The Morgan fingerprint density at radius 1 is 1.20 bits per heavy atom. The number of amides is 1. The second kappa shape index (κ2) is 8.48. The van der Waals surface area contributed by atoms with Gasteiger partial charge >= 0.3 is 0 Å². The molecule has 3 rings (SSSR count). The molecular weight excluding hydrogens is 373 g/mol. The molecule has 0 saturated carbocycles. The van der Waals surface area contributed by atoms with Gasteiger partial charge in [0.05, 0.1) is 0 Å². The van der Waals surface area contributed by atoms with Crippen LogP contribution < -0.4 is 0 Å². The Hall–Kier alpha value is -1.16. The number of aryl methyl sites for hydroxylation is 1. The molecule has 2 aromatic carbocycles. The van der Waals surface area contributed by atoms with Crippen LogP contribution in [0.4, 0.5) is 0 Å². The first kappa shape index (κ1) is 18.6. The van der Waals surface area contributed by atoms with Gasteiger partial charge in [0.2, 0.25) is 0 Å². The third-order valence-corrected chi connectivity index (χ3v) is 6.21. The first-order chi connectivity index (χ1) is 12.1. The Labute approximate surface area is 163 Å². The number of nitrogens with zero attached hydrogens (tertiary/aromatic N) is 1. The largest absolute Gasteiger partial charge is 0.322 e. The number of carbonyl (C=O) groups is 1. The van der Waals surface area contributed by atoms with E-state index in [1.54, 1.807) is 17.8 Å². The van der Waals surface area contributed by atoms with E-state index in [1.807, 2.05) is 29.2 Å². The highest BCUT2D eigenvalue weighted by Crippen LogP contribution is 2.42. The van der Waals surface area contributed by atoms with Crippen molar-refractivity contribution in [3.05, 3.63) is 69.2 Å². The summed E-state index contributed by atoms with van der Waals surface area (Å²) < 4.78 is 0. The molecule has 2 nitrogen and oxygen atoms in total. The minimum atomic E-state index is -0.0583. The van der Waals surface area contributed by atoms with Crippen molar-refractivity contribution in [3.63, 3.8) is 0 Å². The van der Waals surface area contributed by atoms with Gasteiger partial charge in [-0.3, -0.25) is 4.79 Å². The van der Waals surface area contributed by atoms with E-state index in [4.69, 9.17) is 23.2 Å². The van der Waals surface area contributed by atoms with Gasteiger partial charge in [0.15, 0.2) is 0 Å². The van der Waals surface area contributed by atoms with Gasteiger partial charge in [0.1, 0.15) is 5.37 Å². The van der Waals surface area contributed by atoms with Crippen LogP contribution in [-0.4, -0.2) is 23.1 Å². The zero-order valence-corrected chi connectivity index (χ0v) is 16.5. The van der Waals surface area contributed by atoms with E-state index in [1.165, 1.54) is 18.4 Å². The summed E-state index contributed by atoms with van der Waals surface area (Å²) >= 11 is 14.1. The molecule has 1 aliphatic rings. The summed E-state index contributed by atoms with van der Waals surface area (Å²) in [6, 6.07) is 13.5. The van der Waals surface area contributed by atoms with Crippen molar-refractivity contribution in [2.75, 3.05) is 12.3 Å². The van der Waals surface area contributed by atoms with E-state index in [9.17, 15) is 4.79 Å². The molecule has 132 valence electrons. The molecule has 0 aliphatic carbocycles. The van der Waals surface area contributed by atoms with Crippen molar-refractivity contribution in [1.82, 2.24) is 4.90 Å². The van der Waals surface area contributed by atoms with Crippen LogP contribution in [0.3, 0.4) is 0 Å². The van der Waals surface area contributed by atoms with Crippen LogP contribution in [-0.2, 0) is 6.42 Å². The SMILES string of the molecule is CCCCc1ccc(C(=O)N2CCS[C@@H]2c2ccc(Cl)cc2Cl)cc1. The topological polar surface area (TPSA) is 20.3 Å². The van der Waals surface area contributed by atoms with E-state index in [-0.39, 0.29) is 11.3 Å². The van der Waals surface area contributed by atoms with Crippen molar-refractivity contribution in [3.8, 4) is 0 Å². The Kier molecular flexibility index (Phi) is 6.32. The minimum Gasteiger partial charge on any atom is -0.322 e. The van der Waals surface area contributed by atoms with Gasteiger partial charge in [0.25, 0.3) is 5.91 Å². The number of rotatable bonds is 5. The van der Waals surface area contributed by atoms with E-state index >= 15 is 0 Å². The highest BCUT2D eigenvalue weighted by atomic mass is 35.5. The zero-order chi connectivity index (χ0) is 17.8. The normalized spacial score (nSPS) is 17.1. The molecule has 0 unspecified atom stereocenters. The fourth-order valence-electron chi connectivity index (χ4n) is 3.00. The van der Waals surface area contributed by atoms with Crippen LogP contribution in [0.5, 0.6) is 0 Å². The molecule has 1 atom stereocenters. The quantitative estimate of drug-likeness (QED) is 0.600. The lowest BCUT2D eigenvalue weighted by Gasteiger charge is -2.25. The molecule has 1 heterocycles. The predicted molar refractivity (Wildman–Crippen MR) is 108 cm³/mol. The Morgan fingerprint density at radius 2 is 1.96 bits per heavy atom. The standard InChI is InChI=1S/C20H21Cl2NOS/c1-2-3-4-14-5-7-15(8-6-14)19(24)23-11-12-25-20(23)17-10-9-16(21)13-18(17)22/h5-10,13,20H,2-4,11-12H2,1H3/t20-/m1/s1. The number of hydrogen-bond donors (Lipinski definition) is 0. The molecular formula is C20H21Cl2NOS. The lowest BCUT2D eigenvalue weighted by atomic mass is 10.1. The average molecular weight is 394 g/mol. The maximum Gasteiger partial charge on any atom is 0.255 e. The molecule has 1 amide bonds. The van der Waals surface area contributed by atoms with Gasteiger partial charge < -0.3 is 4.90 Å². The van der Waals surface area contributed by atoms with Gasteiger partial charge in [0, 0.05) is 33.5 Å². The second-order valence-electron chi connectivity index (χ2n) is 6.19. The highest BCUT2D eigenvalue weighted by Gasteiger charge is 2.32. The minimum absolute atomic E-state index is 0.0583. The van der Waals surface area contributed by atoms with E-state index in [0.717, 1.165) is 29.8 Å². The number of halogens is 2. The van der Waals surface area contributed by atoms with Gasteiger partial charge in [-0.2, -0.15) is 0 Å². The molecule has 0 radical (unpaired) electrons. The van der Waals surface area contributed by atoms with Gasteiger partial charge in [-0.25, -0.2) is 0 Å². The molecule has 1 aliphatic heterocycles. The Bertz CT molecular complexity index is 748. The van der Waals surface area contributed by atoms with Crippen LogP contribution in [0, 0.1) is 0 Å². The summed E-state index contributed by atoms with van der Waals surface area (Å²) in [6.07, 6.45) is 3.41. The van der Waals surface area contributed by atoms with Gasteiger partial charge in [-0.1, -0.05) is 54.7 Å². The predicted octanol–water partition coefficient (Wildman–Crippen LogP) is 6.22. The van der Waals surface area contributed by atoms with Crippen LogP contribution in [0.15, 0.2) is 42.5 Å². The highest BCUT2D eigenvalue weighted by molar-refractivity contribution is 7.99. The molecule has 1 saturated heterocycles. The summed E-state index contributed by atoms with van der Waals surface area (Å²) in [7, 11) is 0. The van der Waals surface area contributed by atoms with Crippen LogP contribution in [0.25, 0.3) is 0 Å². The first-order valence-corrected chi connectivity index (χ1v) is 10.4. The molecule has 5 heteroatoms. The second-order valence-corrected chi connectivity index (χ2v) is 8.22. The molecule has 25 heavy (non-hydrogen) atoms. The molecule has 2 aromatic rings. The molecule has 1 fully saturated rings. The number of thioether (sulfide) groups is 1. The third kappa shape index (κ3) is 4.33. The van der Waals surface area contributed by atoms with Crippen LogP contribution >= 0.6 is 35.0 Å². The molecule has 0 aromatic heterocycles. The van der Waals surface area contributed by atoms with Crippen LogP contribution in [0.1, 0.15) is 46.6 Å². The lowest BCUT2D eigenvalue weighted by Crippen LogP contribution is -2.30. The van der Waals surface area contributed by atoms with Crippen LogP contribution in [0.2, 0.25) is 10.0 Å². The van der Waals surface area contributed by atoms with Crippen molar-refractivity contribution in [2.24, 2.45) is 0 Å². The smallest absolute Gasteiger partial charge is 0.255 e. The third-order valence-electron chi connectivity index (χ3n) is 4.40. The summed E-state index contributed by atoms with van der Waals surface area (Å²) in [6.45, 7) is 2.91. The fraction of sp³-hybridized carbons (Fsp3) is 0.350.